The van der Waals surface area contributed by atoms with Crippen LogP contribution in [0.15, 0.2) is 85.1 Å². The van der Waals surface area contributed by atoms with Gasteiger partial charge in [0.2, 0.25) is 0 Å². The normalized spacial score (nSPS) is 10.6. The first kappa shape index (κ1) is 14.1. The van der Waals surface area contributed by atoms with E-state index in [9.17, 15) is 0 Å². The van der Waals surface area contributed by atoms with Crippen LogP contribution in [0.2, 0.25) is 0 Å². The van der Waals surface area contributed by atoms with Crippen molar-refractivity contribution in [2.45, 2.75) is 0 Å². The maximum atomic E-state index is 4.95. The van der Waals surface area contributed by atoms with Crippen LogP contribution in [0, 0.1) is 0 Å². The number of pyridine rings is 1. The van der Waals surface area contributed by atoms with Gasteiger partial charge in [-0.1, -0.05) is 0 Å². The van der Waals surface area contributed by atoms with Gasteiger partial charge in [-0.2, -0.15) is 0 Å². The van der Waals surface area contributed by atoms with Crippen LogP contribution in [0.3, 0.4) is 0 Å². The fourth-order valence-corrected chi connectivity index (χ4v) is 4.74. The molecule has 2 heterocycles. The third kappa shape index (κ3) is 2.89. The molecule has 0 bridgehead atoms. The van der Waals surface area contributed by atoms with Crippen molar-refractivity contribution < 1.29 is 0 Å². The van der Waals surface area contributed by atoms with Crippen molar-refractivity contribution in [3.63, 3.8) is 0 Å². The van der Waals surface area contributed by atoms with Crippen molar-refractivity contribution in [2.75, 3.05) is 0 Å². The molecule has 0 radical (unpaired) electrons. The van der Waals surface area contributed by atoms with E-state index in [0.29, 0.717) is 0 Å². The number of hydrogen-bond donors (Lipinski definition) is 0. The molecule has 110 valence electrons. The van der Waals surface area contributed by atoms with Crippen LogP contribution in [0.5, 0.6) is 0 Å². The second-order valence-corrected chi connectivity index (χ2v) is 7.24. The van der Waals surface area contributed by atoms with Gasteiger partial charge < -0.3 is 0 Å². The van der Waals surface area contributed by atoms with Gasteiger partial charge in [-0.3, -0.25) is 0 Å². The Balaban J connectivity index is 1.91. The van der Waals surface area contributed by atoms with Gasteiger partial charge in [0.1, 0.15) is 0 Å². The van der Waals surface area contributed by atoms with Gasteiger partial charge in [-0.05, 0) is 0 Å². The van der Waals surface area contributed by atoms with Crippen LogP contribution in [0.1, 0.15) is 0 Å². The van der Waals surface area contributed by atoms with E-state index in [0.717, 1.165) is 16.0 Å². The number of rotatable bonds is 3. The third-order valence-corrected chi connectivity index (χ3v) is 5.96. The summed E-state index contributed by atoms with van der Waals surface area (Å²) < 4.78 is 2.42. The van der Waals surface area contributed by atoms with Gasteiger partial charge >= 0.3 is 141 Å². The Morgan fingerprint density at radius 3 is 1.96 bits per heavy atom. The zero-order valence-corrected chi connectivity index (χ0v) is 14.1. The number of benzene rings is 2. The molecular formula is C20H14N2Se. The van der Waals surface area contributed by atoms with Crippen molar-refractivity contribution in [1.82, 2.24) is 9.97 Å². The molecule has 4 aromatic rings. The summed E-state index contributed by atoms with van der Waals surface area (Å²) in [4.78, 5) is 9.42. The minimum absolute atomic E-state index is 0.154. The van der Waals surface area contributed by atoms with Crippen molar-refractivity contribution in [3.8, 4) is 31.5 Å². The molecule has 0 saturated carbocycles. The summed E-state index contributed by atoms with van der Waals surface area (Å²) >= 11 is 0.154. The Labute approximate surface area is 141 Å². The molecule has 0 unspecified atom stereocenters. The zero-order chi connectivity index (χ0) is 15.5. The molecule has 0 N–H and O–H groups in total. The van der Waals surface area contributed by atoms with Gasteiger partial charge in [-0.25, -0.2) is 0 Å². The van der Waals surface area contributed by atoms with Crippen LogP contribution in [-0.2, 0) is 0 Å². The molecule has 2 nitrogen and oxygen atoms in total. The molecule has 4 rings (SSSR count). The molecule has 23 heavy (non-hydrogen) atoms. The van der Waals surface area contributed by atoms with Gasteiger partial charge in [0, 0.05) is 0 Å². The average Bonchev–Trinajstić information content (AvgIpc) is 3.09. The Bertz CT molecular complexity index is 843. The Morgan fingerprint density at radius 1 is 0.652 bits per heavy atom. The molecule has 0 spiro atoms. The van der Waals surface area contributed by atoms with Gasteiger partial charge in [0.05, 0.1) is 0 Å². The van der Waals surface area contributed by atoms with E-state index in [1.54, 1.807) is 0 Å². The molecule has 0 amide bonds. The van der Waals surface area contributed by atoms with E-state index in [1.165, 1.54) is 15.6 Å². The predicted octanol–water partition coefficient (Wildman–Crippen LogP) is 4.53. The first-order valence-electron chi connectivity index (χ1n) is 7.45. The van der Waals surface area contributed by atoms with Crippen molar-refractivity contribution in [3.05, 3.63) is 85.1 Å². The Morgan fingerprint density at radius 2 is 1.30 bits per heavy atom. The fourth-order valence-electron chi connectivity index (χ4n) is 2.50. The summed E-state index contributed by atoms with van der Waals surface area (Å²) in [5.41, 5.74) is 4.48. The van der Waals surface area contributed by atoms with E-state index in [2.05, 4.69) is 59.6 Å². The van der Waals surface area contributed by atoms with Gasteiger partial charge in [-0.15, -0.1) is 0 Å². The molecule has 2 aromatic carbocycles. The van der Waals surface area contributed by atoms with E-state index >= 15 is 0 Å². The number of nitrogens with zero attached hydrogens (tertiary/aromatic N) is 2. The standard InChI is InChI=1S/C20H14N2Se/c1-3-9-15(10-4-1)18-19(16-11-5-2-6-12-16)23-20(22-18)17-13-7-8-14-21-17/h1-14H. The van der Waals surface area contributed by atoms with E-state index in [4.69, 9.17) is 4.98 Å². The maximum absolute atomic E-state index is 4.95. The Hall–Kier alpha value is -2.48. The molecule has 3 heteroatoms. The Kier molecular flexibility index (Phi) is 3.89. The van der Waals surface area contributed by atoms with Crippen LogP contribution >= 0.6 is 0 Å². The van der Waals surface area contributed by atoms with E-state index in [-0.39, 0.29) is 14.5 Å². The van der Waals surface area contributed by atoms with Crippen LogP contribution in [-0.4, -0.2) is 24.5 Å². The van der Waals surface area contributed by atoms with E-state index < -0.39 is 0 Å². The number of hydrogen-bond acceptors (Lipinski definition) is 2. The van der Waals surface area contributed by atoms with Crippen molar-refractivity contribution >= 4 is 14.5 Å². The van der Waals surface area contributed by atoms with Crippen LogP contribution < -0.4 is 0 Å². The van der Waals surface area contributed by atoms with E-state index in [1.807, 2.05) is 30.5 Å². The zero-order valence-electron chi connectivity index (χ0n) is 12.4. The first-order valence-corrected chi connectivity index (χ1v) is 9.16. The summed E-state index contributed by atoms with van der Waals surface area (Å²) in [6.07, 6.45) is 1.83. The van der Waals surface area contributed by atoms with Gasteiger partial charge in [0.15, 0.2) is 0 Å². The fraction of sp³-hybridized carbons (Fsp3) is 0. The molecule has 0 fully saturated rings. The molecular weight excluding hydrogens is 347 g/mol. The second kappa shape index (κ2) is 6.33. The summed E-state index contributed by atoms with van der Waals surface area (Å²) in [5, 5.41) is 0. The SMILES string of the molecule is c1ccc(-c2nc(-c3ccccn3)[se]c2-c2ccccc2)cc1. The van der Waals surface area contributed by atoms with Crippen LogP contribution in [0.25, 0.3) is 31.5 Å². The first-order chi connectivity index (χ1) is 11.4. The van der Waals surface area contributed by atoms with Gasteiger partial charge in [0.25, 0.3) is 0 Å². The molecule has 0 aliphatic heterocycles. The van der Waals surface area contributed by atoms with Crippen LogP contribution in [0.4, 0.5) is 0 Å². The summed E-state index contributed by atoms with van der Waals surface area (Å²) in [7, 11) is 0. The molecule has 0 aliphatic carbocycles. The van der Waals surface area contributed by atoms with Crippen molar-refractivity contribution in [2.24, 2.45) is 0 Å². The summed E-state index contributed by atoms with van der Waals surface area (Å²) in [5.74, 6) is 0. The average molecular weight is 361 g/mol. The monoisotopic (exact) mass is 362 g/mol. The molecule has 2 aromatic heterocycles. The third-order valence-electron chi connectivity index (χ3n) is 3.59. The summed E-state index contributed by atoms with van der Waals surface area (Å²) in [6, 6.07) is 26.9. The minimum atomic E-state index is 0.154. The summed E-state index contributed by atoms with van der Waals surface area (Å²) in [6.45, 7) is 0. The second-order valence-electron chi connectivity index (χ2n) is 5.14. The number of aromatic nitrogens is 2. The topological polar surface area (TPSA) is 25.8 Å². The molecule has 0 aliphatic rings. The molecule has 0 saturated heterocycles. The molecule has 0 atom stereocenters. The predicted molar refractivity (Wildman–Crippen MR) is 95.3 cm³/mol. The van der Waals surface area contributed by atoms with Crippen molar-refractivity contribution in [1.29, 1.82) is 0 Å². The quantitative estimate of drug-likeness (QED) is 0.501.